The number of carbonyl (C=O) groups is 1. The molecule has 29 heavy (non-hydrogen) atoms. The minimum absolute atomic E-state index is 0.00591. The first kappa shape index (κ1) is 18.3. The third-order valence-corrected chi connectivity index (χ3v) is 8.78. The van der Waals surface area contributed by atoms with Gasteiger partial charge in [0.15, 0.2) is 5.82 Å². The fraction of sp³-hybridized carbons (Fsp3) is 0.833. The third kappa shape index (κ3) is 3.29. The highest BCUT2D eigenvalue weighted by atomic mass is 16.2. The highest BCUT2D eigenvalue weighted by molar-refractivity contribution is 5.89. The summed E-state index contributed by atoms with van der Waals surface area (Å²) in [4.78, 5) is 13.1. The lowest BCUT2D eigenvalue weighted by atomic mass is 9.53. The lowest BCUT2D eigenvalue weighted by molar-refractivity contribution is -0.0127. The van der Waals surface area contributed by atoms with E-state index in [-0.39, 0.29) is 11.6 Å². The van der Waals surface area contributed by atoms with Gasteiger partial charge in [0, 0.05) is 16.8 Å². The maximum absolute atomic E-state index is 13.1. The average Bonchev–Trinajstić information content (AvgIpc) is 3.06. The lowest BCUT2D eigenvalue weighted by Gasteiger charge is -2.56. The van der Waals surface area contributed by atoms with E-state index in [1.807, 2.05) is 0 Å². The van der Waals surface area contributed by atoms with E-state index in [9.17, 15) is 4.79 Å². The summed E-state index contributed by atoms with van der Waals surface area (Å²) in [6.45, 7) is 0. The van der Waals surface area contributed by atoms with Crippen molar-refractivity contribution in [2.75, 3.05) is 5.32 Å². The van der Waals surface area contributed by atoms with Gasteiger partial charge >= 0.3 is 6.03 Å². The van der Waals surface area contributed by atoms with E-state index < -0.39 is 0 Å². The summed E-state index contributed by atoms with van der Waals surface area (Å²) in [7, 11) is 0. The van der Waals surface area contributed by atoms with Crippen molar-refractivity contribution in [1.82, 2.24) is 15.1 Å². The highest BCUT2D eigenvalue weighted by Gasteiger charge is 2.51. The summed E-state index contributed by atoms with van der Waals surface area (Å²) >= 11 is 0. The van der Waals surface area contributed by atoms with Gasteiger partial charge in [-0.15, -0.1) is 0 Å². The fourth-order valence-corrected chi connectivity index (χ4v) is 8.00. The summed E-state index contributed by atoms with van der Waals surface area (Å²) in [5.74, 6) is 3.40. The van der Waals surface area contributed by atoms with Crippen LogP contribution in [0.15, 0.2) is 0 Å². The van der Waals surface area contributed by atoms with Crippen molar-refractivity contribution in [3.05, 3.63) is 11.3 Å². The predicted octanol–water partition coefficient (Wildman–Crippen LogP) is 5.36. The normalized spacial score (nSPS) is 36.1. The van der Waals surface area contributed by atoms with Crippen molar-refractivity contribution in [2.45, 2.75) is 108 Å². The Morgan fingerprint density at radius 2 is 1.55 bits per heavy atom. The summed E-state index contributed by atoms with van der Waals surface area (Å²) < 4.78 is 2.31. The number of hydrogen-bond acceptors (Lipinski definition) is 2. The molecular formula is C24H36N4O. The van der Waals surface area contributed by atoms with E-state index in [0.717, 1.165) is 36.4 Å². The standard InChI is InChI=1S/C24H36N4O/c29-23(26-24-13-16-10-17(14-24)12-18(11-16)15-24)25-22-20-8-4-5-9-21(20)28(27-22)19-6-2-1-3-7-19/h16-19H,1-15H2,(H2,25,26,27,29). The minimum atomic E-state index is -0.00591. The Morgan fingerprint density at radius 3 is 2.24 bits per heavy atom. The van der Waals surface area contributed by atoms with Crippen LogP contribution in [0.25, 0.3) is 0 Å². The molecule has 7 rings (SSSR count). The molecule has 6 aliphatic rings. The molecule has 158 valence electrons. The van der Waals surface area contributed by atoms with Gasteiger partial charge in [-0.3, -0.25) is 10.00 Å². The molecule has 6 aliphatic carbocycles. The van der Waals surface area contributed by atoms with Crippen molar-refractivity contribution in [2.24, 2.45) is 17.8 Å². The van der Waals surface area contributed by atoms with Crippen LogP contribution in [-0.2, 0) is 12.8 Å². The molecule has 1 aromatic heterocycles. The number of anilines is 1. The third-order valence-electron chi connectivity index (χ3n) is 8.78. The van der Waals surface area contributed by atoms with Gasteiger partial charge in [0.25, 0.3) is 0 Å². The molecule has 0 unspecified atom stereocenters. The Balaban J connectivity index is 1.21. The Labute approximate surface area is 174 Å². The molecule has 5 fully saturated rings. The van der Waals surface area contributed by atoms with E-state index in [4.69, 9.17) is 5.10 Å². The van der Waals surface area contributed by atoms with Crippen molar-refractivity contribution < 1.29 is 4.79 Å². The number of carbonyl (C=O) groups excluding carboxylic acids is 1. The molecule has 4 bridgehead atoms. The minimum Gasteiger partial charge on any atom is -0.332 e. The molecule has 2 amide bonds. The second-order valence-corrected chi connectivity index (χ2v) is 11.0. The molecule has 0 atom stereocenters. The number of amides is 2. The van der Waals surface area contributed by atoms with Crippen molar-refractivity contribution in [3.63, 3.8) is 0 Å². The summed E-state index contributed by atoms with van der Waals surface area (Å²) in [5.41, 5.74) is 2.79. The SMILES string of the molecule is O=C(Nc1nn(C2CCCCC2)c2c1CCCC2)NC12CC3CC(CC(C3)C1)C2. The van der Waals surface area contributed by atoms with Crippen LogP contribution in [0, 0.1) is 17.8 Å². The quantitative estimate of drug-likeness (QED) is 0.723. The van der Waals surface area contributed by atoms with Gasteiger partial charge in [-0.1, -0.05) is 19.3 Å². The van der Waals surface area contributed by atoms with Gasteiger partial charge in [0.05, 0.1) is 6.04 Å². The van der Waals surface area contributed by atoms with Crippen LogP contribution in [0.4, 0.5) is 10.6 Å². The first-order chi connectivity index (χ1) is 14.2. The monoisotopic (exact) mass is 396 g/mol. The van der Waals surface area contributed by atoms with Crippen molar-refractivity contribution in [3.8, 4) is 0 Å². The molecule has 2 N–H and O–H groups in total. The van der Waals surface area contributed by atoms with Gasteiger partial charge < -0.3 is 5.32 Å². The van der Waals surface area contributed by atoms with Gasteiger partial charge in [-0.2, -0.15) is 5.10 Å². The van der Waals surface area contributed by atoms with Crippen LogP contribution in [0.3, 0.4) is 0 Å². The zero-order chi connectivity index (χ0) is 19.4. The van der Waals surface area contributed by atoms with E-state index in [1.165, 1.54) is 94.7 Å². The fourth-order valence-electron chi connectivity index (χ4n) is 8.00. The van der Waals surface area contributed by atoms with Gasteiger partial charge in [0.2, 0.25) is 0 Å². The number of hydrogen-bond donors (Lipinski definition) is 2. The van der Waals surface area contributed by atoms with E-state index in [0.29, 0.717) is 6.04 Å². The number of aromatic nitrogens is 2. The molecule has 0 radical (unpaired) electrons. The Hall–Kier alpha value is -1.52. The van der Waals surface area contributed by atoms with E-state index in [2.05, 4.69) is 15.3 Å². The lowest BCUT2D eigenvalue weighted by Crippen LogP contribution is -2.60. The Kier molecular flexibility index (Phi) is 4.42. The van der Waals surface area contributed by atoms with Gasteiger partial charge in [0.1, 0.15) is 0 Å². The van der Waals surface area contributed by atoms with Crippen LogP contribution in [-0.4, -0.2) is 21.4 Å². The molecule has 5 nitrogen and oxygen atoms in total. The van der Waals surface area contributed by atoms with Crippen molar-refractivity contribution in [1.29, 1.82) is 0 Å². The topological polar surface area (TPSA) is 59.0 Å². The molecule has 0 saturated heterocycles. The van der Waals surface area contributed by atoms with Crippen LogP contribution in [0.5, 0.6) is 0 Å². The highest BCUT2D eigenvalue weighted by Crippen LogP contribution is 2.55. The zero-order valence-corrected chi connectivity index (χ0v) is 17.7. The van der Waals surface area contributed by atoms with E-state index >= 15 is 0 Å². The number of urea groups is 1. The molecule has 1 heterocycles. The zero-order valence-electron chi connectivity index (χ0n) is 17.7. The maximum atomic E-state index is 13.1. The smallest absolute Gasteiger partial charge is 0.320 e. The molecule has 0 spiro atoms. The second kappa shape index (κ2) is 7.02. The van der Waals surface area contributed by atoms with Crippen LogP contribution in [0.1, 0.15) is 101 Å². The number of rotatable bonds is 3. The largest absolute Gasteiger partial charge is 0.332 e. The molecular weight excluding hydrogens is 360 g/mol. The molecule has 5 saturated carbocycles. The molecule has 0 aliphatic heterocycles. The molecule has 5 heteroatoms. The van der Waals surface area contributed by atoms with Crippen LogP contribution < -0.4 is 10.6 Å². The average molecular weight is 397 g/mol. The maximum Gasteiger partial charge on any atom is 0.320 e. The Bertz CT molecular complexity index is 756. The summed E-state index contributed by atoms with van der Waals surface area (Å²) in [6, 6.07) is 0.533. The molecule has 0 aromatic carbocycles. The first-order valence-corrected chi connectivity index (χ1v) is 12.4. The second-order valence-electron chi connectivity index (χ2n) is 11.0. The first-order valence-electron chi connectivity index (χ1n) is 12.4. The van der Waals surface area contributed by atoms with Crippen LogP contribution >= 0.6 is 0 Å². The number of nitrogens with one attached hydrogen (secondary N) is 2. The predicted molar refractivity (Wildman–Crippen MR) is 114 cm³/mol. The molecule has 1 aromatic rings. The van der Waals surface area contributed by atoms with Gasteiger partial charge in [-0.25, -0.2) is 4.79 Å². The van der Waals surface area contributed by atoms with Crippen LogP contribution in [0.2, 0.25) is 0 Å². The van der Waals surface area contributed by atoms with Gasteiger partial charge in [-0.05, 0) is 94.8 Å². The summed E-state index contributed by atoms with van der Waals surface area (Å²) in [5, 5.41) is 11.7. The summed E-state index contributed by atoms with van der Waals surface area (Å²) in [6.07, 6.45) is 18.9. The van der Waals surface area contributed by atoms with E-state index in [1.54, 1.807) is 0 Å². The number of fused-ring (bicyclic) bond motifs is 1. The Morgan fingerprint density at radius 1 is 0.897 bits per heavy atom. The number of nitrogens with zero attached hydrogens (tertiary/aromatic N) is 2. The van der Waals surface area contributed by atoms with Crippen molar-refractivity contribution >= 4 is 11.8 Å².